The molecule has 0 unspecified atom stereocenters. The number of hydrogen-bond acceptors (Lipinski definition) is 6. The molecule has 0 spiro atoms. The second-order valence-electron chi connectivity index (χ2n) is 9.36. The minimum absolute atomic E-state index is 0.255. The number of pyridine rings is 1. The van der Waals surface area contributed by atoms with Gasteiger partial charge in [-0.15, -0.1) is 11.3 Å². The maximum absolute atomic E-state index is 13.3. The highest BCUT2D eigenvalue weighted by molar-refractivity contribution is 7.15. The lowest BCUT2D eigenvalue weighted by atomic mass is 10.2. The summed E-state index contributed by atoms with van der Waals surface area (Å²) in [6, 6.07) is 3.08. The van der Waals surface area contributed by atoms with E-state index in [2.05, 4.69) is 44.7 Å². The van der Waals surface area contributed by atoms with Crippen molar-refractivity contribution < 1.29 is 4.79 Å². The lowest BCUT2D eigenvalue weighted by molar-refractivity contribution is -0.131. The van der Waals surface area contributed by atoms with Gasteiger partial charge in [0.1, 0.15) is 11.2 Å². The highest BCUT2D eigenvalue weighted by atomic mass is 32.1. The molecule has 4 heterocycles. The van der Waals surface area contributed by atoms with E-state index in [9.17, 15) is 4.79 Å². The number of fused-ring (bicyclic) bond motifs is 3. The summed E-state index contributed by atoms with van der Waals surface area (Å²) in [5.74, 6) is 0.959. The van der Waals surface area contributed by atoms with Crippen molar-refractivity contribution in [2.24, 2.45) is 7.05 Å². The van der Waals surface area contributed by atoms with Crippen molar-refractivity contribution in [1.29, 1.82) is 0 Å². The van der Waals surface area contributed by atoms with E-state index in [4.69, 9.17) is 4.98 Å². The monoisotopic (exact) mass is 463 g/mol. The Morgan fingerprint density at radius 2 is 1.94 bits per heavy atom. The first-order chi connectivity index (χ1) is 15.9. The van der Waals surface area contributed by atoms with Crippen LogP contribution in [0.1, 0.15) is 48.9 Å². The van der Waals surface area contributed by atoms with Crippen molar-refractivity contribution in [2.75, 3.05) is 5.32 Å². The molecule has 0 aromatic carbocycles. The van der Waals surface area contributed by atoms with Crippen LogP contribution in [0.2, 0.25) is 0 Å². The highest BCUT2D eigenvalue weighted by Gasteiger charge is 2.42. The number of nitrogens with one attached hydrogen (secondary N) is 1. The van der Waals surface area contributed by atoms with E-state index < -0.39 is 0 Å². The Kier molecular flexibility index (Phi) is 4.72. The maximum Gasteiger partial charge on any atom is 0.229 e. The number of hydrogen-bond donors (Lipinski definition) is 1. The van der Waals surface area contributed by atoms with Crippen LogP contribution in [-0.2, 0) is 24.8 Å². The Morgan fingerprint density at radius 3 is 2.55 bits per heavy atom. The Bertz CT molecular complexity index is 1360. The number of aromatic nitrogens is 5. The number of imidazole rings is 1. The van der Waals surface area contributed by atoms with Gasteiger partial charge in [-0.3, -0.25) is 4.79 Å². The minimum Gasteiger partial charge on any atom is -0.336 e. The van der Waals surface area contributed by atoms with E-state index in [0.717, 1.165) is 70.8 Å². The molecule has 1 N–H and O–H groups in total. The summed E-state index contributed by atoms with van der Waals surface area (Å²) in [6.45, 7) is 6.96. The molecule has 9 heteroatoms. The number of rotatable bonds is 7. The molecule has 8 nitrogen and oxygen atoms in total. The van der Waals surface area contributed by atoms with Crippen molar-refractivity contribution in [1.82, 2.24) is 29.0 Å². The molecule has 0 aliphatic heterocycles. The van der Waals surface area contributed by atoms with E-state index in [1.54, 1.807) is 11.3 Å². The molecule has 2 fully saturated rings. The third kappa shape index (κ3) is 3.49. The lowest BCUT2D eigenvalue weighted by Crippen LogP contribution is -2.36. The molecule has 1 amide bonds. The number of nitrogens with zero attached hydrogens (tertiary/aromatic N) is 6. The average Bonchev–Trinajstić information content (AvgIpc) is 3.69. The van der Waals surface area contributed by atoms with Gasteiger partial charge in [0.05, 0.1) is 24.0 Å². The van der Waals surface area contributed by atoms with Crippen LogP contribution in [-0.4, -0.2) is 47.0 Å². The Labute approximate surface area is 196 Å². The molecule has 0 bridgehead atoms. The van der Waals surface area contributed by atoms with E-state index in [0.29, 0.717) is 24.3 Å². The lowest BCUT2D eigenvalue weighted by Gasteiger charge is -2.22. The Hall–Kier alpha value is -2.94. The van der Waals surface area contributed by atoms with E-state index in [-0.39, 0.29) is 5.91 Å². The van der Waals surface area contributed by atoms with Gasteiger partial charge >= 0.3 is 0 Å². The summed E-state index contributed by atoms with van der Waals surface area (Å²) < 4.78 is 4.22. The van der Waals surface area contributed by atoms with Gasteiger partial charge < -0.3 is 19.4 Å². The number of aryl methyl sites for hydroxylation is 4. The first-order valence-corrected chi connectivity index (χ1v) is 12.6. The molecular weight excluding hydrogens is 434 g/mol. The van der Waals surface area contributed by atoms with E-state index in [1.165, 1.54) is 4.88 Å². The molecule has 2 aliphatic carbocycles. The van der Waals surface area contributed by atoms with Crippen molar-refractivity contribution in [3.63, 3.8) is 0 Å². The fourth-order valence-corrected chi connectivity index (χ4v) is 5.65. The fraction of sp³-hybridized carbons (Fsp3) is 0.500. The fourth-order valence-electron chi connectivity index (χ4n) is 4.84. The predicted octanol–water partition coefficient (Wildman–Crippen LogP) is 4.46. The summed E-state index contributed by atoms with van der Waals surface area (Å²) in [6.07, 6.45) is 6.86. The van der Waals surface area contributed by atoms with Gasteiger partial charge in [-0.25, -0.2) is 15.0 Å². The number of carbonyl (C=O) groups is 1. The first kappa shape index (κ1) is 20.7. The van der Waals surface area contributed by atoms with Crippen LogP contribution in [0.5, 0.6) is 0 Å². The predicted molar refractivity (Wildman–Crippen MR) is 131 cm³/mol. The minimum atomic E-state index is 0.255. The van der Waals surface area contributed by atoms with Gasteiger partial charge in [0.15, 0.2) is 10.9 Å². The molecule has 4 aromatic heterocycles. The van der Waals surface area contributed by atoms with E-state index >= 15 is 0 Å². The summed E-state index contributed by atoms with van der Waals surface area (Å²) in [5.41, 5.74) is 4.77. The Balaban J connectivity index is 1.44. The average molecular weight is 464 g/mol. The standard InChI is InChI=1S/C24H29N7OS/c1-5-30-17(11-19(32)31(15-6-7-15)16-8-9-16)10-18-21-20(25-12-29(21)4)22(27-23(18)30)28-24-26-13(2)14(3)33-24/h10,12,15-16H,5-9,11H2,1-4H3,(H,26,27,28). The van der Waals surface area contributed by atoms with Crippen molar-refractivity contribution >= 4 is 50.3 Å². The number of carbonyl (C=O) groups excluding carboxylic acids is 1. The van der Waals surface area contributed by atoms with Gasteiger partial charge in [0.25, 0.3) is 0 Å². The molecule has 33 heavy (non-hydrogen) atoms. The number of amides is 1. The molecule has 0 radical (unpaired) electrons. The van der Waals surface area contributed by atoms with Crippen molar-refractivity contribution in [2.45, 2.75) is 71.5 Å². The molecule has 2 saturated carbocycles. The summed E-state index contributed by atoms with van der Waals surface area (Å²) >= 11 is 1.62. The van der Waals surface area contributed by atoms with Gasteiger partial charge in [0.2, 0.25) is 5.91 Å². The molecule has 6 rings (SSSR count). The smallest absolute Gasteiger partial charge is 0.229 e. The highest BCUT2D eigenvalue weighted by Crippen LogP contribution is 2.38. The van der Waals surface area contributed by atoms with Crippen molar-refractivity contribution in [3.05, 3.63) is 28.7 Å². The molecule has 2 aliphatic rings. The summed E-state index contributed by atoms with van der Waals surface area (Å²) in [7, 11) is 2.01. The maximum atomic E-state index is 13.3. The van der Waals surface area contributed by atoms with Crippen LogP contribution in [0.4, 0.5) is 10.9 Å². The zero-order chi connectivity index (χ0) is 22.9. The number of anilines is 2. The summed E-state index contributed by atoms with van der Waals surface area (Å²) in [5, 5.41) is 5.27. The third-order valence-electron chi connectivity index (χ3n) is 6.86. The molecular formula is C24H29N7OS. The van der Waals surface area contributed by atoms with E-state index in [1.807, 2.05) is 24.9 Å². The number of thiazole rings is 1. The van der Waals surface area contributed by atoms with Crippen LogP contribution in [0.3, 0.4) is 0 Å². The zero-order valence-corrected chi connectivity index (χ0v) is 20.4. The third-order valence-corrected chi connectivity index (χ3v) is 7.85. The van der Waals surface area contributed by atoms with Gasteiger partial charge in [0, 0.05) is 41.6 Å². The zero-order valence-electron chi connectivity index (χ0n) is 19.6. The largest absolute Gasteiger partial charge is 0.336 e. The van der Waals surface area contributed by atoms with Crippen LogP contribution in [0, 0.1) is 13.8 Å². The molecule has 4 aromatic rings. The van der Waals surface area contributed by atoms with Crippen LogP contribution in [0.25, 0.3) is 22.1 Å². The Morgan fingerprint density at radius 1 is 1.21 bits per heavy atom. The van der Waals surface area contributed by atoms with Crippen LogP contribution in [0.15, 0.2) is 12.4 Å². The summed E-state index contributed by atoms with van der Waals surface area (Å²) in [4.78, 5) is 30.9. The second-order valence-corrected chi connectivity index (χ2v) is 10.6. The second kappa shape index (κ2) is 7.55. The normalized spacial score (nSPS) is 16.1. The topological polar surface area (TPSA) is 80.9 Å². The van der Waals surface area contributed by atoms with Gasteiger partial charge in [-0.1, -0.05) is 0 Å². The van der Waals surface area contributed by atoms with Crippen molar-refractivity contribution in [3.8, 4) is 0 Å². The SMILES string of the molecule is CCn1c(CC(=O)N(C2CC2)C2CC2)cc2c3c(ncn3C)c(Nc3nc(C)c(C)s3)nc21. The quantitative estimate of drug-likeness (QED) is 0.438. The van der Waals surface area contributed by atoms with Gasteiger partial charge in [-0.05, 0) is 52.5 Å². The molecule has 0 atom stereocenters. The van der Waals surface area contributed by atoms with Gasteiger partial charge in [-0.2, -0.15) is 0 Å². The molecule has 0 saturated heterocycles. The first-order valence-electron chi connectivity index (χ1n) is 11.8. The van der Waals surface area contributed by atoms with Crippen LogP contribution < -0.4 is 5.32 Å². The molecule has 172 valence electrons. The van der Waals surface area contributed by atoms with Crippen LogP contribution >= 0.6 is 11.3 Å².